The third-order valence-corrected chi connectivity index (χ3v) is 7.24. The summed E-state index contributed by atoms with van der Waals surface area (Å²) in [5, 5.41) is 3.47. The summed E-state index contributed by atoms with van der Waals surface area (Å²) in [7, 11) is -3.77. The minimum absolute atomic E-state index is 0.147. The lowest BCUT2D eigenvalue weighted by molar-refractivity contribution is -0.140. The molecular formula is C26H36ClN3O4S. The Balaban J connectivity index is 2.45. The molecule has 0 aromatic heterocycles. The minimum atomic E-state index is -3.77. The first kappa shape index (κ1) is 28.7. The number of carbonyl (C=O) groups excluding carboxylic acids is 2. The minimum Gasteiger partial charge on any atom is -0.354 e. The summed E-state index contributed by atoms with van der Waals surface area (Å²) in [6.07, 6.45) is 1.46. The second-order valence-electron chi connectivity index (χ2n) is 9.20. The molecule has 2 rings (SSSR count). The zero-order chi connectivity index (χ0) is 26.3. The van der Waals surface area contributed by atoms with Crippen molar-refractivity contribution in [2.24, 2.45) is 5.92 Å². The van der Waals surface area contributed by atoms with Crippen LogP contribution in [0.5, 0.6) is 0 Å². The second-order valence-corrected chi connectivity index (χ2v) is 11.5. The molecule has 0 spiro atoms. The number of rotatable bonds is 11. The van der Waals surface area contributed by atoms with E-state index in [9.17, 15) is 18.0 Å². The van der Waals surface area contributed by atoms with Gasteiger partial charge in [0.1, 0.15) is 12.6 Å². The molecule has 1 N–H and O–H groups in total. The highest BCUT2D eigenvalue weighted by molar-refractivity contribution is 7.92. The highest BCUT2D eigenvalue weighted by atomic mass is 35.5. The number of anilines is 1. The topological polar surface area (TPSA) is 86.8 Å². The number of halogens is 1. The molecule has 0 aliphatic carbocycles. The van der Waals surface area contributed by atoms with Crippen LogP contribution in [0.3, 0.4) is 0 Å². The van der Waals surface area contributed by atoms with Crippen LogP contribution in [0.25, 0.3) is 0 Å². The quantitative estimate of drug-likeness (QED) is 0.477. The van der Waals surface area contributed by atoms with Crippen LogP contribution < -0.4 is 9.62 Å². The summed E-state index contributed by atoms with van der Waals surface area (Å²) in [5.74, 6) is -0.471. The summed E-state index contributed by atoms with van der Waals surface area (Å²) >= 11 is 6.02. The molecule has 1 atom stereocenters. The Morgan fingerprint density at radius 3 is 2.23 bits per heavy atom. The van der Waals surface area contributed by atoms with E-state index < -0.39 is 28.5 Å². The summed E-state index contributed by atoms with van der Waals surface area (Å²) in [6, 6.07) is 11.6. The molecule has 0 radical (unpaired) electrons. The van der Waals surface area contributed by atoms with Gasteiger partial charge in [0.05, 0.1) is 11.9 Å². The van der Waals surface area contributed by atoms with Gasteiger partial charge in [-0.25, -0.2) is 8.42 Å². The van der Waals surface area contributed by atoms with E-state index in [1.807, 2.05) is 40.7 Å². The van der Waals surface area contributed by atoms with Crippen molar-refractivity contribution in [1.82, 2.24) is 10.2 Å². The fourth-order valence-corrected chi connectivity index (χ4v) is 4.76. The maximum atomic E-state index is 13.7. The van der Waals surface area contributed by atoms with Gasteiger partial charge in [-0.05, 0) is 61.1 Å². The largest absolute Gasteiger partial charge is 0.354 e. The fraction of sp³-hybridized carbons (Fsp3) is 0.462. The van der Waals surface area contributed by atoms with Crippen LogP contribution in [0.4, 0.5) is 5.69 Å². The Hall–Kier alpha value is -2.58. The SMILES string of the molecule is CC[C@H](C(=O)NCC(C)C)N(Cc1ccc(Cl)cc1)C(=O)CN(c1cccc(C)c1C)S(C)(=O)=O. The van der Waals surface area contributed by atoms with E-state index in [1.165, 1.54) is 4.90 Å². The monoisotopic (exact) mass is 521 g/mol. The Morgan fingerprint density at radius 2 is 1.69 bits per heavy atom. The first-order valence-electron chi connectivity index (χ1n) is 11.7. The molecule has 2 amide bonds. The van der Waals surface area contributed by atoms with Gasteiger partial charge in [0.25, 0.3) is 0 Å². The molecule has 0 bridgehead atoms. The summed E-state index contributed by atoms with van der Waals surface area (Å²) in [5.41, 5.74) is 2.93. The van der Waals surface area contributed by atoms with Gasteiger partial charge in [-0.3, -0.25) is 13.9 Å². The van der Waals surface area contributed by atoms with Crippen molar-refractivity contribution in [1.29, 1.82) is 0 Å². The lowest BCUT2D eigenvalue weighted by atomic mass is 10.1. The number of hydrogen-bond donors (Lipinski definition) is 1. The average Bonchev–Trinajstić information content (AvgIpc) is 2.78. The summed E-state index contributed by atoms with van der Waals surface area (Å²) in [6.45, 7) is 9.75. The van der Waals surface area contributed by atoms with Gasteiger partial charge in [0.15, 0.2) is 0 Å². The van der Waals surface area contributed by atoms with E-state index >= 15 is 0 Å². The zero-order valence-corrected chi connectivity index (χ0v) is 22.9. The Labute approximate surface area is 214 Å². The number of aryl methyl sites for hydroxylation is 1. The molecular weight excluding hydrogens is 486 g/mol. The molecule has 192 valence electrons. The van der Waals surface area contributed by atoms with E-state index in [0.29, 0.717) is 23.7 Å². The van der Waals surface area contributed by atoms with Gasteiger partial charge < -0.3 is 10.2 Å². The van der Waals surface area contributed by atoms with Crippen LogP contribution in [-0.2, 0) is 26.2 Å². The molecule has 7 nitrogen and oxygen atoms in total. The van der Waals surface area contributed by atoms with Crippen molar-refractivity contribution in [2.45, 2.75) is 53.6 Å². The maximum Gasteiger partial charge on any atom is 0.244 e. The highest BCUT2D eigenvalue weighted by Gasteiger charge is 2.32. The maximum absolute atomic E-state index is 13.7. The van der Waals surface area contributed by atoms with Crippen LogP contribution in [0.15, 0.2) is 42.5 Å². The van der Waals surface area contributed by atoms with Gasteiger partial charge in [0.2, 0.25) is 21.8 Å². The molecule has 0 unspecified atom stereocenters. The third-order valence-electron chi connectivity index (χ3n) is 5.86. The lowest BCUT2D eigenvalue weighted by Gasteiger charge is -2.33. The number of nitrogens with zero attached hydrogens (tertiary/aromatic N) is 2. The van der Waals surface area contributed by atoms with Crippen molar-refractivity contribution in [3.8, 4) is 0 Å². The molecule has 2 aromatic rings. The van der Waals surface area contributed by atoms with Gasteiger partial charge in [-0.2, -0.15) is 0 Å². The van der Waals surface area contributed by atoms with Crippen LogP contribution in [-0.4, -0.2) is 50.5 Å². The first-order chi connectivity index (χ1) is 16.3. The van der Waals surface area contributed by atoms with E-state index in [1.54, 1.807) is 36.4 Å². The number of nitrogens with one attached hydrogen (secondary N) is 1. The molecule has 9 heteroatoms. The Bertz CT molecular complexity index is 1130. The van der Waals surface area contributed by atoms with Crippen molar-refractivity contribution < 1.29 is 18.0 Å². The van der Waals surface area contributed by atoms with Crippen LogP contribution in [0, 0.1) is 19.8 Å². The van der Waals surface area contributed by atoms with E-state index in [2.05, 4.69) is 5.32 Å². The standard InChI is InChI=1S/C26H36ClN3O4S/c1-7-23(26(32)28-15-18(2)3)29(16-21-11-13-22(27)14-12-21)25(31)17-30(35(6,33)34)24-10-8-9-19(4)20(24)5/h8-14,18,23H,7,15-17H2,1-6H3,(H,28,32)/t23-/m1/s1. The number of hydrogen-bond acceptors (Lipinski definition) is 4. The number of amides is 2. The third kappa shape index (κ3) is 7.97. The summed E-state index contributed by atoms with van der Waals surface area (Å²) < 4.78 is 26.6. The Kier molecular flexibility index (Phi) is 10.2. The molecule has 0 heterocycles. The normalized spacial score (nSPS) is 12.3. The van der Waals surface area contributed by atoms with Gasteiger partial charge in [0, 0.05) is 18.1 Å². The van der Waals surface area contributed by atoms with E-state index in [-0.39, 0.29) is 18.4 Å². The van der Waals surface area contributed by atoms with Crippen molar-refractivity contribution in [3.05, 3.63) is 64.2 Å². The predicted molar refractivity (Wildman–Crippen MR) is 142 cm³/mol. The number of benzene rings is 2. The summed E-state index contributed by atoms with van der Waals surface area (Å²) in [4.78, 5) is 28.2. The molecule has 0 saturated carbocycles. The molecule has 0 fully saturated rings. The molecule has 0 aliphatic rings. The van der Waals surface area contributed by atoms with Crippen molar-refractivity contribution in [2.75, 3.05) is 23.7 Å². The van der Waals surface area contributed by atoms with Crippen molar-refractivity contribution >= 4 is 39.1 Å². The van der Waals surface area contributed by atoms with E-state index in [4.69, 9.17) is 11.6 Å². The van der Waals surface area contributed by atoms with E-state index in [0.717, 1.165) is 27.3 Å². The molecule has 0 saturated heterocycles. The fourth-order valence-electron chi connectivity index (χ4n) is 3.73. The molecule has 2 aromatic carbocycles. The average molecular weight is 522 g/mol. The second kappa shape index (κ2) is 12.4. The molecule has 35 heavy (non-hydrogen) atoms. The van der Waals surface area contributed by atoms with Crippen molar-refractivity contribution in [3.63, 3.8) is 0 Å². The molecule has 0 aliphatic heterocycles. The lowest BCUT2D eigenvalue weighted by Crippen LogP contribution is -2.52. The van der Waals surface area contributed by atoms with Crippen LogP contribution >= 0.6 is 11.6 Å². The number of carbonyl (C=O) groups is 2. The van der Waals surface area contributed by atoms with Crippen LogP contribution in [0.1, 0.15) is 43.9 Å². The Morgan fingerprint density at radius 1 is 1.06 bits per heavy atom. The highest BCUT2D eigenvalue weighted by Crippen LogP contribution is 2.25. The van der Waals surface area contributed by atoms with Gasteiger partial charge >= 0.3 is 0 Å². The number of sulfonamides is 1. The van der Waals surface area contributed by atoms with Crippen LogP contribution in [0.2, 0.25) is 5.02 Å². The predicted octanol–water partition coefficient (Wildman–Crippen LogP) is 4.30. The smallest absolute Gasteiger partial charge is 0.244 e. The van der Waals surface area contributed by atoms with Gasteiger partial charge in [-0.1, -0.05) is 56.6 Å². The zero-order valence-electron chi connectivity index (χ0n) is 21.3. The first-order valence-corrected chi connectivity index (χ1v) is 13.9. The van der Waals surface area contributed by atoms with Gasteiger partial charge in [-0.15, -0.1) is 0 Å².